The molecule has 0 atom stereocenters. The topological polar surface area (TPSA) is 45.1 Å². The van der Waals surface area contributed by atoms with Crippen LogP contribution in [0.4, 0.5) is 26.3 Å². The van der Waals surface area contributed by atoms with E-state index in [1.807, 2.05) is 7.05 Å². The van der Waals surface area contributed by atoms with Crippen LogP contribution < -0.4 is 4.74 Å². The number of aliphatic imine (C=N–C) groups is 1. The molecule has 1 amide bonds. The first-order chi connectivity index (χ1) is 16.9. The highest BCUT2D eigenvalue weighted by Crippen LogP contribution is 2.38. The third-order valence-electron chi connectivity index (χ3n) is 5.70. The van der Waals surface area contributed by atoms with Gasteiger partial charge in [-0.15, -0.1) is 0 Å². The first-order valence-corrected chi connectivity index (χ1v) is 11.7. The molecule has 2 aromatic carbocycles. The zero-order chi connectivity index (χ0) is 26.1. The summed E-state index contributed by atoms with van der Waals surface area (Å²) in [5, 5.41) is 0.663. The number of ether oxygens (including phenoxy) is 1. The molecular weight excluding hydrogens is 508 g/mol. The van der Waals surface area contributed by atoms with E-state index in [1.165, 1.54) is 23.9 Å². The van der Waals surface area contributed by atoms with Crippen LogP contribution in [0.25, 0.3) is 6.08 Å². The van der Waals surface area contributed by atoms with Crippen molar-refractivity contribution in [1.29, 1.82) is 0 Å². The second-order valence-corrected chi connectivity index (χ2v) is 9.33. The number of amidine groups is 1. The van der Waals surface area contributed by atoms with Crippen molar-refractivity contribution in [2.45, 2.75) is 19.0 Å². The van der Waals surface area contributed by atoms with E-state index in [2.05, 4.69) is 14.8 Å². The number of amides is 1. The standard InChI is InChI=1S/C24H21F6N3O2S/c1-32-8-10-33(11-9-32)22-31-21(34)20(36-22)12-15-2-6-18(7-3-15)35-14-16-4-5-17(23(25,26)27)13-19(16)24(28,29)30/h2-7,12-13H,8-11,14H2,1H3/b20-12+. The Balaban J connectivity index is 1.41. The van der Waals surface area contributed by atoms with Crippen molar-refractivity contribution in [2.75, 3.05) is 33.2 Å². The number of hydrogen-bond donors (Lipinski definition) is 0. The number of likely N-dealkylation sites (N-methyl/N-ethyl adjacent to an activating group) is 1. The van der Waals surface area contributed by atoms with Crippen molar-refractivity contribution in [3.05, 3.63) is 69.6 Å². The van der Waals surface area contributed by atoms with Crippen LogP contribution in [0.3, 0.4) is 0 Å². The predicted molar refractivity (Wildman–Crippen MR) is 124 cm³/mol. The number of benzene rings is 2. The minimum atomic E-state index is -4.97. The highest BCUT2D eigenvalue weighted by atomic mass is 32.2. The predicted octanol–water partition coefficient (Wildman–Crippen LogP) is 5.52. The first-order valence-electron chi connectivity index (χ1n) is 10.9. The smallest absolute Gasteiger partial charge is 0.416 e. The van der Waals surface area contributed by atoms with E-state index in [1.54, 1.807) is 18.2 Å². The second kappa shape index (κ2) is 10.2. The lowest BCUT2D eigenvalue weighted by Crippen LogP contribution is -2.46. The molecule has 0 N–H and O–H groups in total. The number of hydrogen-bond acceptors (Lipinski definition) is 5. The van der Waals surface area contributed by atoms with Gasteiger partial charge in [-0.1, -0.05) is 18.2 Å². The summed E-state index contributed by atoms with van der Waals surface area (Å²) in [5.41, 5.74) is -2.52. The number of nitrogens with zero attached hydrogens (tertiary/aromatic N) is 3. The fourth-order valence-electron chi connectivity index (χ4n) is 3.65. The van der Waals surface area contributed by atoms with Gasteiger partial charge in [0.05, 0.1) is 16.0 Å². The van der Waals surface area contributed by atoms with E-state index in [9.17, 15) is 31.1 Å². The fraction of sp³-hybridized carbons (Fsp3) is 0.333. The van der Waals surface area contributed by atoms with Gasteiger partial charge in [-0.3, -0.25) is 4.79 Å². The van der Waals surface area contributed by atoms with Crippen molar-refractivity contribution in [1.82, 2.24) is 9.80 Å². The van der Waals surface area contributed by atoms with E-state index >= 15 is 0 Å². The van der Waals surface area contributed by atoms with Gasteiger partial charge >= 0.3 is 12.4 Å². The molecule has 0 saturated carbocycles. The number of thioether (sulfide) groups is 1. The third kappa shape index (κ3) is 6.22. The van der Waals surface area contributed by atoms with Gasteiger partial charge in [0.15, 0.2) is 5.17 Å². The van der Waals surface area contributed by atoms with E-state index in [-0.39, 0.29) is 17.7 Å². The highest BCUT2D eigenvalue weighted by Gasteiger charge is 2.38. The Labute approximate surface area is 207 Å². The van der Waals surface area contributed by atoms with Crippen LogP contribution >= 0.6 is 11.8 Å². The number of piperazine rings is 1. The maximum atomic E-state index is 13.3. The van der Waals surface area contributed by atoms with Crippen molar-refractivity contribution in [3.63, 3.8) is 0 Å². The van der Waals surface area contributed by atoms with Gasteiger partial charge in [0, 0.05) is 31.7 Å². The molecule has 36 heavy (non-hydrogen) atoms. The summed E-state index contributed by atoms with van der Waals surface area (Å²) in [6.45, 7) is 2.76. The zero-order valence-electron chi connectivity index (χ0n) is 19.0. The summed E-state index contributed by atoms with van der Waals surface area (Å²) >= 11 is 1.29. The highest BCUT2D eigenvalue weighted by molar-refractivity contribution is 8.18. The summed E-state index contributed by atoms with van der Waals surface area (Å²) in [6.07, 6.45) is -8.19. The largest absolute Gasteiger partial charge is 0.489 e. The number of halogens is 6. The Morgan fingerprint density at radius 2 is 1.64 bits per heavy atom. The number of carbonyl (C=O) groups excluding carboxylic acids is 1. The lowest BCUT2D eigenvalue weighted by Gasteiger charge is -2.32. The van der Waals surface area contributed by atoms with Crippen LogP contribution in [0.5, 0.6) is 5.75 Å². The molecule has 0 bridgehead atoms. The van der Waals surface area contributed by atoms with Crippen LogP contribution in [-0.4, -0.2) is 54.1 Å². The third-order valence-corrected chi connectivity index (χ3v) is 6.74. The first kappa shape index (κ1) is 26.1. The Hall–Kier alpha value is -2.99. The Morgan fingerprint density at radius 3 is 2.25 bits per heavy atom. The van der Waals surface area contributed by atoms with Crippen LogP contribution in [0.15, 0.2) is 52.4 Å². The molecular formula is C24H21F6N3O2S. The van der Waals surface area contributed by atoms with Gasteiger partial charge < -0.3 is 14.5 Å². The van der Waals surface area contributed by atoms with Gasteiger partial charge in [-0.05, 0) is 54.7 Å². The number of rotatable bonds is 4. The van der Waals surface area contributed by atoms with Gasteiger partial charge in [-0.25, -0.2) is 0 Å². The van der Waals surface area contributed by atoms with E-state index < -0.39 is 35.6 Å². The number of alkyl halides is 6. The summed E-state index contributed by atoms with van der Waals surface area (Å²) < 4.78 is 83.8. The second-order valence-electron chi connectivity index (χ2n) is 8.33. The van der Waals surface area contributed by atoms with Crippen LogP contribution in [0.1, 0.15) is 22.3 Å². The molecule has 0 aliphatic carbocycles. The molecule has 192 valence electrons. The van der Waals surface area contributed by atoms with Gasteiger partial charge in [0.2, 0.25) is 0 Å². The normalized spacial score (nSPS) is 18.6. The minimum Gasteiger partial charge on any atom is -0.489 e. The fourth-order valence-corrected chi connectivity index (χ4v) is 4.61. The van der Waals surface area contributed by atoms with Crippen molar-refractivity contribution >= 4 is 28.9 Å². The molecule has 1 fully saturated rings. The Morgan fingerprint density at radius 1 is 0.972 bits per heavy atom. The Bertz CT molecular complexity index is 1180. The molecule has 0 aromatic heterocycles. The molecule has 5 nitrogen and oxygen atoms in total. The summed E-state index contributed by atoms with van der Waals surface area (Å²) in [6, 6.07) is 7.72. The molecule has 0 spiro atoms. The molecule has 2 aliphatic heterocycles. The summed E-state index contributed by atoms with van der Waals surface area (Å²) in [4.78, 5) is 21.2. The number of carbonyl (C=O) groups is 1. The molecule has 2 aromatic rings. The molecule has 4 rings (SSSR count). The van der Waals surface area contributed by atoms with E-state index in [4.69, 9.17) is 4.74 Å². The van der Waals surface area contributed by atoms with E-state index in [0.717, 1.165) is 32.2 Å². The lowest BCUT2D eigenvalue weighted by atomic mass is 10.0. The van der Waals surface area contributed by atoms with Crippen LogP contribution in [0, 0.1) is 0 Å². The van der Waals surface area contributed by atoms with Gasteiger partial charge in [0.1, 0.15) is 12.4 Å². The van der Waals surface area contributed by atoms with Crippen LogP contribution in [0.2, 0.25) is 0 Å². The molecule has 1 saturated heterocycles. The summed E-state index contributed by atoms with van der Waals surface area (Å²) in [5.74, 6) is -0.110. The van der Waals surface area contributed by atoms with Crippen molar-refractivity contribution in [3.8, 4) is 5.75 Å². The van der Waals surface area contributed by atoms with Crippen LogP contribution in [-0.2, 0) is 23.8 Å². The van der Waals surface area contributed by atoms with E-state index in [0.29, 0.717) is 21.7 Å². The SMILES string of the molecule is CN1CCN(C2=NC(=O)/C(=C\c3ccc(OCc4ccc(C(F)(F)F)cc4C(F)(F)F)cc3)S2)CC1. The monoisotopic (exact) mass is 529 g/mol. The van der Waals surface area contributed by atoms with Crippen molar-refractivity contribution < 1.29 is 35.9 Å². The molecule has 2 aliphatic rings. The lowest BCUT2D eigenvalue weighted by molar-refractivity contribution is -0.143. The maximum Gasteiger partial charge on any atom is 0.416 e. The van der Waals surface area contributed by atoms with Gasteiger partial charge in [-0.2, -0.15) is 31.3 Å². The maximum absolute atomic E-state index is 13.3. The molecule has 0 radical (unpaired) electrons. The molecule has 2 heterocycles. The average Bonchev–Trinajstić information content (AvgIpc) is 3.17. The average molecular weight is 530 g/mol. The van der Waals surface area contributed by atoms with Crippen molar-refractivity contribution in [2.24, 2.45) is 4.99 Å². The minimum absolute atomic E-state index is 0.0860. The quantitative estimate of drug-likeness (QED) is 0.386. The molecule has 12 heteroatoms. The molecule has 0 unspecified atom stereocenters. The summed E-state index contributed by atoms with van der Waals surface area (Å²) in [7, 11) is 2.03. The van der Waals surface area contributed by atoms with Gasteiger partial charge in [0.25, 0.3) is 5.91 Å². The zero-order valence-corrected chi connectivity index (χ0v) is 19.8. The Kier molecular flexibility index (Phi) is 7.37.